The molecule has 1 saturated heterocycles. The summed E-state index contributed by atoms with van der Waals surface area (Å²) in [5, 5.41) is 7.31. The van der Waals surface area contributed by atoms with Crippen LogP contribution in [0.15, 0.2) is 30.3 Å². The van der Waals surface area contributed by atoms with Gasteiger partial charge in [0.2, 0.25) is 11.8 Å². The number of carbonyl (C=O) groups is 2. The molecule has 25 heavy (non-hydrogen) atoms. The Morgan fingerprint density at radius 3 is 2.60 bits per heavy atom. The van der Waals surface area contributed by atoms with Gasteiger partial charge in [-0.1, -0.05) is 30.3 Å². The highest BCUT2D eigenvalue weighted by Crippen LogP contribution is 2.15. The lowest BCUT2D eigenvalue weighted by atomic mass is 10.0. The Bertz CT molecular complexity index is 782. The number of carbonyl (C=O) groups excluding carboxylic acids is 2. The van der Waals surface area contributed by atoms with Gasteiger partial charge >= 0.3 is 0 Å². The molecule has 0 spiro atoms. The molecule has 132 valence electrons. The minimum Gasteiger partial charge on any atom is -0.353 e. The molecular weight excluding hydrogens is 316 g/mol. The lowest BCUT2D eigenvalue weighted by Gasteiger charge is -2.35. The summed E-state index contributed by atoms with van der Waals surface area (Å²) in [5.74, 6) is -0.158. The molecule has 1 fully saturated rings. The molecule has 0 saturated carbocycles. The summed E-state index contributed by atoms with van der Waals surface area (Å²) in [6.45, 7) is 7.10. The zero-order valence-electron chi connectivity index (χ0n) is 15.0. The monoisotopic (exact) mass is 340 g/mol. The van der Waals surface area contributed by atoms with Crippen LogP contribution in [0.3, 0.4) is 0 Å². The average molecular weight is 340 g/mol. The highest BCUT2D eigenvalue weighted by Gasteiger charge is 2.33. The van der Waals surface area contributed by atoms with Crippen LogP contribution in [-0.2, 0) is 22.6 Å². The van der Waals surface area contributed by atoms with Crippen molar-refractivity contribution in [3.63, 3.8) is 0 Å². The van der Waals surface area contributed by atoms with E-state index in [9.17, 15) is 9.59 Å². The van der Waals surface area contributed by atoms with Crippen LogP contribution in [0.25, 0.3) is 0 Å². The Hall–Kier alpha value is -2.63. The standard InChI is InChI=1S/C19H24N4O2/c1-13-14(2)21-23(15(13)3)12-18(24)22-10-9-20-19(25)17(22)11-16-7-5-4-6-8-16/h4-8,17H,9-12H2,1-3H3,(H,20,25). The van der Waals surface area contributed by atoms with E-state index in [1.54, 1.807) is 9.58 Å². The van der Waals surface area contributed by atoms with Gasteiger partial charge in [-0.3, -0.25) is 14.3 Å². The quantitative estimate of drug-likeness (QED) is 0.914. The molecule has 1 atom stereocenters. The lowest BCUT2D eigenvalue weighted by Crippen LogP contribution is -2.58. The summed E-state index contributed by atoms with van der Waals surface area (Å²) in [6, 6.07) is 9.33. The summed E-state index contributed by atoms with van der Waals surface area (Å²) in [6.07, 6.45) is 0.522. The van der Waals surface area contributed by atoms with Gasteiger partial charge in [0.1, 0.15) is 12.6 Å². The van der Waals surface area contributed by atoms with E-state index in [1.165, 1.54) is 0 Å². The van der Waals surface area contributed by atoms with Gasteiger partial charge < -0.3 is 10.2 Å². The normalized spacial score (nSPS) is 17.5. The number of aromatic nitrogens is 2. The van der Waals surface area contributed by atoms with Crippen molar-refractivity contribution >= 4 is 11.8 Å². The van der Waals surface area contributed by atoms with Crippen molar-refractivity contribution in [1.29, 1.82) is 0 Å². The molecule has 1 unspecified atom stereocenters. The van der Waals surface area contributed by atoms with Gasteiger partial charge in [0, 0.05) is 25.2 Å². The third-order valence-electron chi connectivity index (χ3n) is 4.95. The smallest absolute Gasteiger partial charge is 0.245 e. The van der Waals surface area contributed by atoms with Crippen LogP contribution in [0.5, 0.6) is 0 Å². The van der Waals surface area contributed by atoms with Gasteiger partial charge in [-0.15, -0.1) is 0 Å². The molecule has 6 heteroatoms. The van der Waals surface area contributed by atoms with Crippen LogP contribution in [0.4, 0.5) is 0 Å². The molecule has 2 heterocycles. The number of piperazine rings is 1. The van der Waals surface area contributed by atoms with Crippen LogP contribution in [0.1, 0.15) is 22.5 Å². The topological polar surface area (TPSA) is 67.2 Å². The van der Waals surface area contributed by atoms with Crippen molar-refractivity contribution in [3.05, 3.63) is 52.8 Å². The molecule has 1 aliphatic heterocycles. The van der Waals surface area contributed by atoms with Crippen molar-refractivity contribution in [3.8, 4) is 0 Å². The van der Waals surface area contributed by atoms with Gasteiger partial charge in [-0.25, -0.2) is 0 Å². The summed E-state index contributed by atoms with van der Waals surface area (Å²) >= 11 is 0. The second-order valence-corrected chi connectivity index (χ2v) is 6.54. The summed E-state index contributed by atoms with van der Waals surface area (Å²) in [7, 11) is 0. The molecule has 3 rings (SSSR count). The summed E-state index contributed by atoms with van der Waals surface area (Å²) < 4.78 is 1.74. The Labute approximate surface area is 147 Å². The molecule has 0 bridgehead atoms. The minimum atomic E-state index is -0.471. The van der Waals surface area contributed by atoms with Crippen LogP contribution in [0, 0.1) is 20.8 Å². The first-order chi connectivity index (χ1) is 12.0. The number of nitrogens with one attached hydrogen (secondary N) is 1. The van der Waals surface area contributed by atoms with Gasteiger partial charge in [-0.05, 0) is 31.9 Å². The van der Waals surface area contributed by atoms with Crippen molar-refractivity contribution in [1.82, 2.24) is 20.0 Å². The van der Waals surface area contributed by atoms with Gasteiger partial charge in [0.05, 0.1) is 5.69 Å². The fraction of sp³-hybridized carbons (Fsp3) is 0.421. The van der Waals surface area contributed by atoms with E-state index in [2.05, 4.69) is 10.4 Å². The number of aryl methyl sites for hydroxylation is 1. The van der Waals surface area contributed by atoms with Gasteiger partial charge in [-0.2, -0.15) is 5.10 Å². The van der Waals surface area contributed by atoms with E-state index < -0.39 is 6.04 Å². The largest absolute Gasteiger partial charge is 0.353 e. The Morgan fingerprint density at radius 1 is 1.24 bits per heavy atom. The van der Waals surface area contributed by atoms with Crippen molar-refractivity contribution in [2.45, 2.75) is 39.8 Å². The predicted molar refractivity (Wildman–Crippen MR) is 95.1 cm³/mol. The summed E-state index contributed by atoms with van der Waals surface area (Å²) in [4.78, 5) is 26.9. The minimum absolute atomic E-state index is 0.0682. The molecule has 6 nitrogen and oxygen atoms in total. The number of amides is 2. The van der Waals surface area contributed by atoms with E-state index in [-0.39, 0.29) is 18.4 Å². The fourth-order valence-electron chi connectivity index (χ4n) is 3.21. The zero-order valence-corrected chi connectivity index (χ0v) is 15.0. The van der Waals surface area contributed by atoms with Gasteiger partial charge in [0.15, 0.2) is 0 Å². The third kappa shape index (κ3) is 3.57. The predicted octanol–water partition coefficient (Wildman–Crippen LogP) is 1.38. The van der Waals surface area contributed by atoms with E-state index in [1.807, 2.05) is 51.1 Å². The first kappa shape index (κ1) is 17.2. The number of benzene rings is 1. The second-order valence-electron chi connectivity index (χ2n) is 6.54. The van der Waals surface area contributed by atoms with Crippen LogP contribution < -0.4 is 5.32 Å². The zero-order chi connectivity index (χ0) is 18.0. The Balaban J connectivity index is 1.78. The number of nitrogens with zero attached hydrogens (tertiary/aromatic N) is 3. The van der Waals surface area contributed by atoms with Crippen LogP contribution in [0.2, 0.25) is 0 Å². The van der Waals surface area contributed by atoms with E-state index in [4.69, 9.17) is 0 Å². The van der Waals surface area contributed by atoms with Crippen molar-refractivity contribution in [2.75, 3.05) is 13.1 Å². The highest BCUT2D eigenvalue weighted by molar-refractivity contribution is 5.89. The molecule has 1 N–H and O–H groups in total. The molecule has 1 aromatic carbocycles. The van der Waals surface area contributed by atoms with Crippen molar-refractivity contribution < 1.29 is 9.59 Å². The molecule has 1 aromatic heterocycles. The maximum atomic E-state index is 12.9. The van der Waals surface area contributed by atoms with E-state index in [0.29, 0.717) is 19.5 Å². The maximum Gasteiger partial charge on any atom is 0.245 e. The highest BCUT2D eigenvalue weighted by atomic mass is 16.2. The molecular formula is C19H24N4O2. The average Bonchev–Trinajstić information content (AvgIpc) is 2.84. The lowest BCUT2D eigenvalue weighted by molar-refractivity contribution is -0.143. The number of hydrogen-bond donors (Lipinski definition) is 1. The Kier molecular flexibility index (Phi) is 4.88. The van der Waals surface area contributed by atoms with E-state index in [0.717, 1.165) is 22.5 Å². The van der Waals surface area contributed by atoms with Crippen molar-refractivity contribution in [2.24, 2.45) is 0 Å². The first-order valence-corrected chi connectivity index (χ1v) is 8.59. The van der Waals surface area contributed by atoms with Gasteiger partial charge in [0.25, 0.3) is 0 Å². The molecule has 2 amide bonds. The number of rotatable bonds is 4. The Morgan fingerprint density at radius 2 is 1.96 bits per heavy atom. The second kappa shape index (κ2) is 7.09. The third-order valence-corrected chi connectivity index (χ3v) is 4.95. The van der Waals surface area contributed by atoms with E-state index >= 15 is 0 Å². The maximum absolute atomic E-state index is 12.9. The van der Waals surface area contributed by atoms with Crippen LogP contribution >= 0.6 is 0 Å². The molecule has 2 aromatic rings. The summed E-state index contributed by atoms with van der Waals surface area (Å²) in [5.41, 5.74) is 4.07. The van der Waals surface area contributed by atoms with Crippen LogP contribution in [-0.4, -0.2) is 45.6 Å². The molecule has 0 radical (unpaired) electrons. The molecule has 1 aliphatic rings. The first-order valence-electron chi connectivity index (χ1n) is 8.59. The SMILES string of the molecule is Cc1nn(CC(=O)N2CCNC(=O)C2Cc2ccccc2)c(C)c1C. The fourth-order valence-corrected chi connectivity index (χ4v) is 3.21. The number of hydrogen-bond acceptors (Lipinski definition) is 3. The molecule has 0 aliphatic carbocycles.